The second-order valence-electron chi connectivity index (χ2n) is 15.9. The summed E-state index contributed by atoms with van der Waals surface area (Å²) in [6.45, 7) is 7.90. The second kappa shape index (κ2) is 12.3. The minimum Gasteiger partial charge on any atom is -0.478 e. The first kappa shape index (κ1) is 34.6. The van der Waals surface area contributed by atoms with Gasteiger partial charge in [-0.2, -0.15) is 15.4 Å². The standard InChI is InChI=1S/C41H41BN2O8/c1-38(2)39(3,4)50-42(49-38)35-21-34(41(47-5)40(51-52-41)29-15-24-14-25(17-29)18-30(40)16-24)26(19-27(35)11-13-37(45)46)10-12-31-20-33(28(22-43)23-44)32-8-6-7-9-36(32)48-31/h6-13,19-21,24-25,29-30H,14-18H2,1-5H3,(H,45,46)/b12-10+,13-11+. The smallest absolute Gasteiger partial charge is 0.478 e. The van der Waals surface area contributed by atoms with Gasteiger partial charge in [0.15, 0.2) is 5.60 Å². The molecule has 11 heteroatoms. The van der Waals surface area contributed by atoms with Crippen LogP contribution in [0.4, 0.5) is 0 Å². The number of ether oxygens (including phenoxy) is 2. The second-order valence-corrected chi connectivity index (χ2v) is 15.9. The molecule has 4 bridgehead atoms. The van der Waals surface area contributed by atoms with Gasteiger partial charge < -0.3 is 23.9 Å². The molecule has 2 saturated heterocycles. The minimum absolute atomic E-state index is 0.0302. The number of nitrogens with zero attached hydrogens (tertiary/aromatic N) is 2. The summed E-state index contributed by atoms with van der Waals surface area (Å²) in [5.74, 6) is 0.362. The molecule has 0 aromatic heterocycles. The number of carbonyl (C=O) groups is 1. The van der Waals surface area contributed by atoms with E-state index in [4.69, 9.17) is 28.6 Å². The molecular formula is C41H41BN2O8. The van der Waals surface area contributed by atoms with Gasteiger partial charge in [-0.15, -0.1) is 0 Å². The van der Waals surface area contributed by atoms with Crippen molar-refractivity contribution in [3.63, 3.8) is 0 Å². The van der Waals surface area contributed by atoms with E-state index >= 15 is 0 Å². The van der Waals surface area contributed by atoms with Gasteiger partial charge in [0.1, 0.15) is 29.2 Å². The Labute approximate surface area is 304 Å². The zero-order valence-electron chi connectivity index (χ0n) is 30.0. The minimum atomic E-state index is -1.28. The maximum Gasteiger partial charge on any atom is 0.495 e. The molecule has 1 atom stereocenters. The quantitative estimate of drug-likeness (QED) is 0.142. The highest BCUT2D eigenvalue weighted by Gasteiger charge is 2.77. The van der Waals surface area contributed by atoms with E-state index in [-0.39, 0.29) is 17.4 Å². The van der Waals surface area contributed by atoms with Crippen LogP contribution in [0.25, 0.3) is 17.7 Å². The summed E-state index contributed by atoms with van der Waals surface area (Å²) in [6.07, 6.45) is 13.4. The van der Waals surface area contributed by atoms with Gasteiger partial charge in [0, 0.05) is 29.9 Å². The average molecular weight is 701 g/mol. The molecule has 9 rings (SSSR count). The lowest BCUT2D eigenvalue weighted by molar-refractivity contribution is -0.645. The molecule has 0 radical (unpaired) electrons. The summed E-state index contributed by atoms with van der Waals surface area (Å²) >= 11 is 0. The fraction of sp³-hybridized carbons (Fsp3) is 0.439. The van der Waals surface area contributed by atoms with Crippen LogP contribution < -0.4 is 10.2 Å². The van der Waals surface area contributed by atoms with Crippen LogP contribution >= 0.6 is 0 Å². The number of aliphatic carboxylic acids is 1. The summed E-state index contributed by atoms with van der Waals surface area (Å²) in [4.78, 5) is 24.4. The molecule has 3 heterocycles. The molecule has 1 N–H and O–H groups in total. The Balaban J connectivity index is 1.31. The maximum absolute atomic E-state index is 11.8. The normalized spacial score (nSPS) is 31.9. The summed E-state index contributed by atoms with van der Waals surface area (Å²) in [7, 11) is 0.838. The van der Waals surface area contributed by atoms with Gasteiger partial charge in [-0.1, -0.05) is 30.3 Å². The van der Waals surface area contributed by atoms with Gasteiger partial charge in [0.25, 0.3) is 5.79 Å². The molecule has 2 aromatic rings. The van der Waals surface area contributed by atoms with E-state index < -0.39 is 35.7 Å². The molecular weight excluding hydrogens is 659 g/mol. The number of nitriles is 2. The van der Waals surface area contributed by atoms with Crippen molar-refractivity contribution in [2.75, 3.05) is 7.11 Å². The molecule has 10 nitrogen and oxygen atoms in total. The van der Waals surface area contributed by atoms with Crippen molar-refractivity contribution in [3.05, 3.63) is 88.2 Å². The lowest BCUT2D eigenvalue weighted by atomic mass is 9.46. The first-order chi connectivity index (χ1) is 24.8. The molecule has 1 unspecified atom stereocenters. The van der Waals surface area contributed by atoms with Gasteiger partial charge >= 0.3 is 13.1 Å². The number of fused-ring (bicyclic) bond motifs is 1. The van der Waals surface area contributed by atoms with Crippen molar-refractivity contribution in [2.45, 2.75) is 82.4 Å². The van der Waals surface area contributed by atoms with Crippen LogP contribution in [0, 0.1) is 46.3 Å². The number of rotatable bonds is 7. The Hall–Kier alpha value is -4.49. The predicted octanol–water partition coefficient (Wildman–Crippen LogP) is 6.83. The number of hydrogen-bond acceptors (Lipinski definition) is 9. The highest BCUT2D eigenvalue weighted by Crippen LogP contribution is 2.69. The van der Waals surface area contributed by atoms with Crippen LogP contribution in [0.15, 0.2) is 66.0 Å². The maximum atomic E-state index is 11.8. The third-order valence-corrected chi connectivity index (χ3v) is 12.6. The Morgan fingerprint density at radius 2 is 1.56 bits per heavy atom. The lowest BCUT2D eigenvalue weighted by Crippen LogP contribution is -2.76. The molecule has 52 heavy (non-hydrogen) atoms. The molecule has 2 aromatic carbocycles. The van der Waals surface area contributed by atoms with Crippen LogP contribution in [0.3, 0.4) is 0 Å². The van der Waals surface area contributed by atoms with E-state index in [0.717, 1.165) is 31.8 Å². The molecule has 7 aliphatic rings. The number of carboxylic acids is 1. The molecule has 0 amide bonds. The van der Waals surface area contributed by atoms with Gasteiger partial charge in [-0.05, 0) is 130 Å². The van der Waals surface area contributed by atoms with Crippen LogP contribution in [0.5, 0.6) is 5.75 Å². The Morgan fingerprint density at radius 3 is 2.13 bits per heavy atom. The van der Waals surface area contributed by atoms with Crippen LogP contribution in [0.1, 0.15) is 82.1 Å². The number of carboxylic acid groups (broad SMARTS) is 1. The van der Waals surface area contributed by atoms with E-state index in [9.17, 15) is 20.4 Å². The van der Waals surface area contributed by atoms with Crippen LogP contribution in [-0.4, -0.2) is 42.1 Å². The van der Waals surface area contributed by atoms with E-state index in [1.165, 1.54) is 6.42 Å². The summed E-state index contributed by atoms with van der Waals surface area (Å²) in [6, 6.07) is 15.1. The number of methoxy groups -OCH3 is 1. The molecule has 6 fully saturated rings. The van der Waals surface area contributed by atoms with Crippen molar-refractivity contribution in [3.8, 4) is 17.9 Å². The lowest BCUT2D eigenvalue weighted by Gasteiger charge is -2.68. The largest absolute Gasteiger partial charge is 0.495 e. The van der Waals surface area contributed by atoms with E-state index in [1.54, 1.807) is 31.4 Å². The zero-order valence-corrected chi connectivity index (χ0v) is 30.0. The number of hydrogen-bond donors (Lipinski definition) is 1. The number of allylic oxidation sites excluding steroid dienone is 4. The Kier molecular flexibility index (Phi) is 8.18. The molecule has 1 spiro atoms. The summed E-state index contributed by atoms with van der Waals surface area (Å²) in [5, 5.41) is 29.2. The number of benzene rings is 2. The van der Waals surface area contributed by atoms with Crippen molar-refractivity contribution in [1.29, 1.82) is 10.5 Å². The third kappa shape index (κ3) is 5.14. The monoisotopic (exact) mass is 700 g/mol. The number of para-hydroxylation sites is 1. The highest BCUT2D eigenvalue weighted by molar-refractivity contribution is 6.63. The van der Waals surface area contributed by atoms with E-state index in [1.807, 2.05) is 76.2 Å². The fourth-order valence-corrected chi connectivity index (χ4v) is 9.64. The van der Waals surface area contributed by atoms with Crippen molar-refractivity contribution in [1.82, 2.24) is 0 Å². The molecule has 3 aliphatic heterocycles. The fourth-order valence-electron chi connectivity index (χ4n) is 9.64. The summed E-state index contributed by atoms with van der Waals surface area (Å²) in [5.41, 5.74) is 1.65. The summed E-state index contributed by atoms with van der Waals surface area (Å²) < 4.78 is 25.9. The average Bonchev–Trinajstić information content (AvgIpc) is 3.32. The first-order valence-electron chi connectivity index (χ1n) is 17.9. The van der Waals surface area contributed by atoms with Gasteiger partial charge in [0.2, 0.25) is 0 Å². The van der Waals surface area contributed by atoms with Crippen LogP contribution in [-0.2, 0) is 34.4 Å². The van der Waals surface area contributed by atoms with Crippen molar-refractivity contribution >= 4 is 36.3 Å². The van der Waals surface area contributed by atoms with Crippen molar-refractivity contribution in [2.24, 2.45) is 23.7 Å². The Morgan fingerprint density at radius 1 is 0.904 bits per heavy atom. The first-order valence-corrected chi connectivity index (χ1v) is 17.9. The molecule has 4 saturated carbocycles. The van der Waals surface area contributed by atoms with Gasteiger partial charge in [-0.3, -0.25) is 0 Å². The topological polar surface area (TPSA) is 140 Å². The highest BCUT2D eigenvalue weighted by atomic mass is 17.3. The van der Waals surface area contributed by atoms with Gasteiger partial charge in [-0.25, -0.2) is 9.68 Å². The molecule has 4 aliphatic carbocycles. The van der Waals surface area contributed by atoms with E-state index in [2.05, 4.69) is 0 Å². The predicted molar refractivity (Wildman–Crippen MR) is 192 cm³/mol. The molecule has 266 valence electrons. The van der Waals surface area contributed by atoms with E-state index in [0.29, 0.717) is 56.6 Å². The Bertz CT molecular complexity index is 2000. The zero-order chi connectivity index (χ0) is 36.6. The van der Waals surface area contributed by atoms with Crippen molar-refractivity contribution < 1.29 is 38.5 Å². The van der Waals surface area contributed by atoms with Gasteiger partial charge in [0.05, 0.1) is 11.2 Å². The SMILES string of the molecule is COC1(c2cc(B3OC(C)(C)C(C)(C)O3)c(/C=C/C(=O)O)cc2/C=C/C2=CC(=C(C#N)C#N)c3ccccc3O2)OOC12C1CC3CC(C1)CC2C3. The third-order valence-electron chi connectivity index (χ3n) is 12.6. The van der Waals surface area contributed by atoms with Crippen LogP contribution in [0.2, 0.25) is 0 Å².